The second-order valence-electron chi connectivity index (χ2n) is 9.89. The lowest BCUT2D eigenvalue weighted by molar-refractivity contribution is -0.149. The van der Waals surface area contributed by atoms with Crippen LogP contribution in [0.5, 0.6) is 0 Å². The number of piperazine rings is 1. The average molecular weight is 487 g/mol. The van der Waals surface area contributed by atoms with E-state index in [1.165, 1.54) is 9.80 Å². The quantitative estimate of drug-likeness (QED) is 0.587. The van der Waals surface area contributed by atoms with Gasteiger partial charge in [-0.25, -0.2) is 4.79 Å². The molecule has 4 amide bonds. The van der Waals surface area contributed by atoms with Gasteiger partial charge >= 0.3 is 6.09 Å². The molecule has 0 unspecified atom stereocenters. The van der Waals surface area contributed by atoms with E-state index in [4.69, 9.17) is 10.5 Å². The number of hydrogen-bond donors (Lipinski definition) is 2. The Labute approximate surface area is 205 Å². The number of nitrogens with zero attached hydrogens (tertiary/aromatic N) is 3. The predicted octanol–water partition coefficient (Wildman–Crippen LogP) is 0.863. The maximum Gasteiger partial charge on any atom is 0.410 e. The van der Waals surface area contributed by atoms with Crippen molar-refractivity contribution in [1.29, 1.82) is 0 Å². The summed E-state index contributed by atoms with van der Waals surface area (Å²) in [7, 11) is 0. The Kier molecular flexibility index (Phi) is 7.30. The molecule has 3 aliphatic rings. The third-order valence-corrected chi connectivity index (χ3v) is 7.64. The van der Waals surface area contributed by atoms with E-state index in [9.17, 15) is 24.3 Å². The van der Waals surface area contributed by atoms with Crippen molar-refractivity contribution in [3.63, 3.8) is 0 Å². The molecule has 35 heavy (non-hydrogen) atoms. The summed E-state index contributed by atoms with van der Waals surface area (Å²) in [6, 6.07) is 7.35. The molecule has 2 aliphatic heterocycles. The number of β-amino-alcohol motifs (C(OH)–C–C–N with tert-alkyl or cyclic N) is 1. The monoisotopic (exact) mass is 486 g/mol. The number of rotatable bonds is 7. The van der Waals surface area contributed by atoms with Crippen LogP contribution in [0.2, 0.25) is 0 Å². The van der Waals surface area contributed by atoms with Crippen molar-refractivity contribution in [3.8, 4) is 0 Å². The van der Waals surface area contributed by atoms with Gasteiger partial charge in [-0.2, -0.15) is 0 Å². The van der Waals surface area contributed by atoms with Crippen molar-refractivity contribution in [2.75, 3.05) is 26.2 Å². The van der Waals surface area contributed by atoms with Crippen LogP contribution in [-0.4, -0.2) is 88.0 Å². The second kappa shape index (κ2) is 10.2. The van der Waals surface area contributed by atoms with E-state index in [0.29, 0.717) is 19.5 Å². The number of aliphatic hydroxyl groups is 1. The summed E-state index contributed by atoms with van der Waals surface area (Å²) < 4.78 is 5.35. The summed E-state index contributed by atoms with van der Waals surface area (Å²) in [5.74, 6) is -1.20. The van der Waals surface area contributed by atoms with Crippen LogP contribution in [0.15, 0.2) is 30.3 Å². The maximum absolute atomic E-state index is 13.1. The summed E-state index contributed by atoms with van der Waals surface area (Å²) >= 11 is 0. The molecule has 4 rings (SSSR count). The first-order chi connectivity index (χ1) is 16.7. The average Bonchev–Trinajstić information content (AvgIpc) is 3.63. The van der Waals surface area contributed by atoms with Crippen LogP contribution in [0.1, 0.15) is 44.6 Å². The van der Waals surface area contributed by atoms with Crippen LogP contribution in [-0.2, 0) is 25.7 Å². The summed E-state index contributed by atoms with van der Waals surface area (Å²) in [6.45, 7) is 2.74. The summed E-state index contributed by atoms with van der Waals surface area (Å²) in [5, 5.41) is 10.3. The number of amides is 4. The van der Waals surface area contributed by atoms with Crippen LogP contribution in [0, 0.1) is 5.41 Å². The summed E-state index contributed by atoms with van der Waals surface area (Å²) in [5.41, 5.74) is 6.41. The lowest BCUT2D eigenvalue weighted by Gasteiger charge is -2.42. The van der Waals surface area contributed by atoms with Crippen LogP contribution in [0.25, 0.3) is 0 Å². The third kappa shape index (κ3) is 5.42. The highest BCUT2D eigenvalue weighted by Crippen LogP contribution is 2.53. The Hall–Kier alpha value is -3.14. The van der Waals surface area contributed by atoms with Gasteiger partial charge in [0, 0.05) is 26.1 Å². The molecule has 3 atom stereocenters. The van der Waals surface area contributed by atoms with Crippen molar-refractivity contribution in [2.45, 2.75) is 63.8 Å². The Morgan fingerprint density at radius 3 is 2.49 bits per heavy atom. The Morgan fingerprint density at radius 1 is 1.14 bits per heavy atom. The van der Waals surface area contributed by atoms with Crippen LogP contribution >= 0.6 is 0 Å². The van der Waals surface area contributed by atoms with Crippen molar-refractivity contribution < 1.29 is 29.0 Å². The number of hydrogen-bond acceptors (Lipinski definition) is 6. The molecule has 2 saturated heterocycles. The van der Waals surface area contributed by atoms with Crippen LogP contribution in [0.4, 0.5) is 4.79 Å². The number of carbonyl (C=O) groups is 4. The number of benzene rings is 1. The van der Waals surface area contributed by atoms with Gasteiger partial charge in [-0.15, -0.1) is 0 Å². The zero-order valence-corrected chi connectivity index (χ0v) is 20.1. The van der Waals surface area contributed by atoms with Gasteiger partial charge in [0.2, 0.25) is 17.7 Å². The minimum absolute atomic E-state index is 0.0238. The predicted molar refractivity (Wildman–Crippen MR) is 126 cm³/mol. The van der Waals surface area contributed by atoms with Gasteiger partial charge in [-0.05, 0) is 43.6 Å². The second-order valence-corrected chi connectivity index (χ2v) is 9.89. The highest BCUT2D eigenvalue weighted by Gasteiger charge is 2.51. The third-order valence-electron chi connectivity index (χ3n) is 7.64. The molecule has 3 fully saturated rings. The zero-order chi connectivity index (χ0) is 25.2. The number of carbonyl (C=O) groups excluding carboxylic acids is 4. The van der Waals surface area contributed by atoms with Gasteiger partial charge < -0.3 is 25.4 Å². The number of nitrogens with two attached hydrogens (primary N) is 1. The molecule has 10 nitrogen and oxygen atoms in total. The molecule has 10 heteroatoms. The minimum atomic E-state index is -0.996. The lowest BCUT2D eigenvalue weighted by atomic mass is 9.90. The van der Waals surface area contributed by atoms with Gasteiger partial charge in [0.15, 0.2) is 0 Å². The highest BCUT2D eigenvalue weighted by atomic mass is 16.6. The minimum Gasteiger partial charge on any atom is -0.445 e. The van der Waals surface area contributed by atoms with Crippen molar-refractivity contribution in [1.82, 2.24) is 14.7 Å². The first kappa shape index (κ1) is 25.0. The summed E-state index contributed by atoms with van der Waals surface area (Å²) in [4.78, 5) is 54.8. The number of piperidine rings is 1. The molecule has 3 N–H and O–H groups in total. The number of ether oxygens (including phenoxy) is 1. The maximum atomic E-state index is 13.1. The summed E-state index contributed by atoms with van der Waals surface area (Å²) in [6.07, 6.45) is 2.27. The van der Waals surface area contributed by atoms with Gasteiger partial charge in [-0.1, -0.05) is 30.3 Å². The highest BCUT2D eigenvalue weighted by molar-refractivity contribution is 5.93. The van der Waals surface area contributed by atoms with E-state index < -0.39 is 36.1 Å². The number of primary amides is 1. The molecule has 190 valence electrons. The SMILES string of the molecule is C[C@H]1C(=O)N(CCCC(=O)N2CCC3(CC3)[C@H](O)C2)[C@H](C(N)=O)CN1C(=O)OCc1ccccc1. The molecule has 1 aliphatic carbocycles. The largest absolute Gasteiger partial charge is 0.445 e. The van der Waals surface area contributed by atoms with Crippen LogP contribution in [0.3, 0.4) is 0 Å². The van der Waals surface area contributed by atoms with Crippen molar-refractivity contribution >= 4 is 23.8 Å². The van der Waals surface area contributed by atoms with E-state index in [2.05, 4.69) is 0 Å². The molecule has 2 heterocycles. The van der Waals surface area contributed by atoms with Crippen molar-refractivity contribution in [2.24, 2.45) is 11.1 Å². The molecule has 0 radical (unpaired) electrons. The van der Waals surface area contributed by atoms with Crippen molar-refractivity contribution in [3.05, 3.63) is 35.9 Å². The van der Waals surface area contributed by atoms with E-state index in [1.54, 1.807) is 11.8 Å². The Bertz CT molecular complexity index is 966. The molecular weight excluding hydrogens is 452 g/mol. The van der Waals surface area contributed by atoms with Crippen LogP contribution < -0.4 is 5.73 Å². The van der Waals surface area contributed by atoms with E-state index in [1.807, 2.05) is 30.3 Å². The fourth-order valence-corrected chi connectivity index (χ4v) is 5.06. The zero-order valence-electron chi connectivity index (χ0n) is 20.1. The molecule has 1 aromatic rings. The smallest absolute Gasteiger partial charge is 0.410 e. The lowest BCUT2D eigenvalue weighted by Crippen LogP contribution is -2.65. The number of aliphatic hydroxyl groups excluding tert-OH is 1. The molecule has 0 bridgehead atoms. The van der Waals surface area contributed by atoms with E-state index in [0.717, 1.165) is 24.8 Å². The van der Waals surface area contributed by atoms with Gasteiger partial charge in [-0.3, -0.25) is 19.3 Å². The molecular formula is C25H34N4O6. The number of likely N-dealkylation sites (tertiary alicyclic amines) is 1. The van der Waals surface area contributed by atoms with Gasteiger partial charge in [0.25, 0.3) is 0 Å². The van der Waals surface area contributed by atoms with Gasteiger partial charge in [0.05, 0.1) is 12.6 Å². The first-order valence-electron chi connectivity index (χ1n) is 12.2. The van der Waals surface area contributed by atoms with Gasteiger partial charge in [0.1, 0.15) is 18.7 Å². The first-order valence-corrected chi connectivity index (χ1v) is 12.2. The fourth-order valence-electron chi connectivity index (χ4n) is 5.06. The molecule has 0 aromatic heterocycles. The molecule has 1 spiro atoms. The normalized spacial score (nSPS) is 25.5. The Balaban J connectivity index is 1.30. The van der Waals surface area contributed by atoms with E-state index in [-0.39, 0.29) is 37.4 Å². The standard InChI is InChI=1S/C25H34N4O6/c1-17-23(33)28(12-5-8-21(31)27-13-11-25(9-10-25)20(30)15-27)19(22(26)32)14-29(17)24(34)35-16-18-6-3-2-4-7-18/h2-4,6-7,17,19-20,30H,5,8-16H2,1H3,(H2,26,32)/t17-,19-,20+/m0/s1. The fraction of sp³-hybridized carbons (Fsp3) is 0.600. The Morgan fingerprint density at radius 2 is 1.86 bits per heavy atom. The topological polar surface area (TPSA) is 133 Å². The molecule has 1 aromatic carbocycles. The van der Waals surface area contributed by atoms with E-state index >= 15 is 0 Å². The molecule has 1 saturated carbocycles.